The zero-order chi connectivity index (χ0) is 16.2. The molecule has 0 heterocycles. The molecule has 0 spiro atoms. The third-order valence-corrected chi connectivity index (χ3v) is 3.37. The van der Waals surface area contributed by atoms with Gasteiger partial charge in [0.1, 0.15) is 23.3 Å². The lowest BCUT2D eigenvalue weighted by atomic mass is 9.99. The topological polar surface area (TPSA) is 78.6 Å². The van der Waals surface area contributed by atoms with E-state index in [-0.39, 0.29) is 16.3 Å². The fourth-order valence-corrected chi connectivity index (χ4v) is 2.16. The molecule has 0 fully saturated rings. The summed E-state index contributed by atoms with van der Waals surface area (Å²) in [6.07, 6.45) is -0.650. The van der Waals surface area contributed by atoms with Crippen LogP contribution < -0.4 is 10.5 Å². The van der Waals surface area contributed by atoms with Crippen molar-refractivity contribution in [1.29, 1.82) is 0 Å². The van der Waals surface area contributed by atoms with E-state index in [1.165, 1.54) is 6.07 Å². The van der Waals surface area contributed by atoms with Gasteiger partial charge in [-0.25, -0.2) is 9.18 Å². The fourth-order valence-electron chi connectivity index (χ4n) is 1.96. The monoisotopic (exact) mass is 317 g/mol. The lowest BCUT2D eigenvalue weighted by Gasteiger charge is -2.33. The van der Waals surface area contributed by atoms with E-state index in [2.05, 4.69) is 0 Å². The maximum absolute atomic E-state index is 13.3. The minimum atomic E-state index is -1.03. The highest BCUT2D eigenvalue weighted by Gasteiger charge is 2.34. The number of primary amides is 1. The number of carbonyl (C=O) groups is 2. The Kier molecular flexibility index (Phi) is 5.54. The highest BCUT2D eigenvalue weighted by molar-refractivity contribution is 6.33. The van der Waals surface area contributed by atoms with Gasteiger partial charge in [-0.05, 0) is 32.4 Å². The van der Waals surface area contributed by atoms with Crippen LogP contribution >= 0.6 is 11.6 Å². The zero-order valence-electron chi connectivity index (χ0n) is 12.0. The molecule has 0 aromatic heterocycles. The predicted octanol–water partition coefficient (Wildman–Crippen LogP) is 3.32. The first-order valence-electron chi connectivity index (χ1n) is 6.31. The summed E-state index contributed by atoms with van der Waals surface area (Å²) in [5.74, 6) is -0.601. The summed E-state index contributed by atoms with van der Waals surface area (Å²) < 4.78 is 24.0. The number of amides is 1. The summed E-state index contributed by atoms with van der Waals surface area (Å²) in [5.41, 5.74) is 3.90. The Morgan fingerprint density at radius 1 is 1.52 bits per heavy atom. The van der Waals surface area contributed by atoms with Gasteiger partial charge >= 0.3 is 6.09 Å². The number of hydrogen-bond acceptors (Lipinski definition) is 4. The quantitative estimate of drug-likeness (QED) is 0.816. The van der Waals surface area contributed by atoms with E-state index < -0.39 is 23.6 Å². The van der Waals surface area contributed by atoms with Gasteiger partial charge in [-0.3, -0.25) is 4.79 Å². The lowest BCUT2D eigenvalue weighted by molar-refractivity contribution is -0.0436. The number of halogens is 2. The number of benzene rings is 1. The molecule has 0 aliphatic carbocycles. The molecule has 116 valence electrons. The molecule has 2 N–H and O–H groups in total. The van der Waals surface area contributed by atoms with E-state index in [0.29, 0.717) is 12.7 Å². The minimum Gasteiger partial charge on any atom is -0.485 e. The third-order valence-electron chi connectivity index (χ3n) is 2.99. The van der Waals surface area contributed by atoms with Crippen molar-refractivity contribution in [2.24, 2.45) is 5.73 Å². The van der Waals surface area contributed by atoms with Crippen LogP contribution in [0.5, 0.6) is 5.75 Å². The van der Waals surface area contributed by atoms with E-state index in [9.17, 15) is 14.0 Å². The molecule has 1 atom stereocenters. The smallest absolute Gasteiger partial charge is 0.405 e. The second kappa shape index (κ2) is 6.76. The van der Waals surface area contributed by atoms with Crippen LogP contribution in [-0.4, -0.2) is 24.1 Å². The molecule has 0 aliphatic rings. The molecule has 0 saturated carbocycles. The summed E-state index contributed by atoms with van der Waals surface area (Å²) in [5, 5.41) is -0.314. The summed E-state index contributed by atoms with van der Waals surface area (Å²) in [6, 6.07) is 2.40. The SMILES string of the molecule is CCC(Oc1ccc(F)c(Cl)c1C=O)C(C)(C)OC(N)=O. The van der Waals surface area contributed by atoms with Crippen LogP contribution in [0.4, 0.5) is 9.18 Å². The maximum atomic E-state index is 13.3. The standard InChI is InChI=1S/C14H17ClFNO4/c1-4-11(14(2,3)21-13(17)19)20-10-6-5-9(16)12(15)8(10)7-18/h5-7,11H,4H2,1-3H3,(H2,17,19). The van der Waals surface area contributed by atoms with Crippen LogP contribution in [0.2, 0.25) is 5.02 Å². The molecule has 21 heavy (non-hydrogen) atoms. The van der Waals surface area contributed by atoms with Crippen LogP contribution in [0, 0.1) is 5.82 Å². The first kappa shape index (κ1) is 17.2. The van der Waals surface area contributed by atoms with Gasteiger partial charge in [0.2, 0.25) is 0 Å². The summed E-state index contributed by atoms with van der Waals surface area (Å²) in [6.45, 7) is 5.05. The molecule has 0 bridgehead atoms. The van der Waals surface area contributed by atoms with Crippen LogP contribution in [0.3, 0.4) is 0 Å². The molecule has 0 saturated heterocycles. The first-order chi connectivity index (χ1) is 9.72. The Balaban J connectivity index is 3.10. The zero-order valence-corrected chi connectivity index (χ0v) is 12.7. The van der Waals surface area contributed by atoms with Crippen molar-refractivity contribution in [3.05, 3.63) is 28.5 Å². The van der Waals surface area contributed by atoms with Crippen molar-refractivity contribution >= 4 is 24.0 Å². The summed E-state index contributed by atoms with van der Waals surface area (Å²) in [4.78, 5) is 22.0. The number of aldehydes is 1. The number of ether oxygens (including phenoxy) is 2. The Morgan fingerprint density at radius 2 is 2.14 bits per heavy atom. The molecule has 5 nitrogen and oxygen atoms in total. The predicted molar refractivity (Wildman–Crippen MR) is 76.3 cm³/mol. The molecule has 1 aromatic carbocycles. The Hall–Kier alpha value is -1.82. The molecule has 7 heteroatoms. The van der Waals surface area contributed by atoms with Crippen molar-refractivity contribution in [1.82, 2.24) is 0 Å². The molecule has 1 aromatic rings. The largest absolute Gasteiger partial charge is 0.485 e. The van der Waals surface area contributed by atoms with E-state index in [1.54, 1.807) is 13.8 Å². The Morgan fingerprint density at radius 3 is 2.62 bits per heavy atom. The van der Waals surface area contributed by atoms with E-state index in [0.717, 1.165) is 6.07 Å². The van der Waals surface area contributed by atoms with Gasteiger partial charge in [-0.2, -0.15) is 0 Å². The molecule has 1 rings (SSSR count). The molecule has 1 unspecified atom stereocenters. The van der Waals surface area contributed by atoms with Crippen LogP contribution in [0.15, 0.2) is 12.1 Å². The van der Waals surface area contributed by atoms with Crippen molar-refractivity contribution < 1.29 is 23.5 Å². The number of rotatable bonds is 6. The second-order valence-corrected chi connectivity index (χ2v) is 5.31. The van der Waals surface area contributed by atoms with Gasteiger partial charge in [0, 0.05) is 0 Å². The van der Waals surface area contributed by atoms with E-state index in [4.69, 9.17) is 26.8 Å². The van der Waals surface area contributed by atoms with Crippen LogP contribution in [0.1, 0.15) is 37.6 Å². The van der Waals surface area contributed by atoms with Crippen molar-refractivity contribution in [2.45, 2.75) is 38.9 Å². The highest BCUT2D eigenvalue weighted by Crippen LogP contribution is 2.31. The van der Waals surface area contributed by atoms with Crippen LogP contribution in [-0.2, 0) is 4.74 Å². The lowest BCUT2D eigenvalue weighted by Crippen LogP contribution is -2.45. The molecular formula is C14H17ClFNO4. The van der Waals surface area contributed by atoms with Gasteiger partial charge in [0.25, 0.3) is 0 Å². The van der Waals surface area contributed by atoms with Gasteiger partial charge in [-0.15, -0.1) is 0 Å². The minimum absolute atomic E-state index is 0.0926. The number of nitrogens with two attached hydrogens (primary N) is 1. The van der Waals surface area contributed by atoms with Crippen molar-refractivity contribution in [2.75, 3.05) is 0 Å². The average molecular weight is 318 g/mol. The molecule has 0 aliphatic heterocycles. The Labute approximate surface area is 127 Å². The van der Waals surface area contributed by atoms with Gasteiger partial charge < -0.3 is 15.2 Å². The average Bonchev–Trinajstić information content (AvgIpc) is 2.38. The molecular weight excluding hydrogens is 301 g/mol. The van der Waals surface area contributed by atoms with Gasteiger partial charge in [0.05, 0.1) is 10.6 Å². The van der Waals surface area contributed by atoms with Crippen LogP contribution in [0.25, 0.3) is 0 Å². The van der Waals surface area contributed by atoms with Crippen molar-refractivity contribution in [3.8, 4) is 5.75 Å². The van der Waals surface area contributed by atoms with E-state index in [1.807, 2.05) is 6.92 Å². The number of carbonyl (C=O) groups excluding carboxylic acids is 2. The highest BCUT2D eigenvalue weighted by atomic mass is 35.5. The van der Waals surface area contributed by atoms with Crippen molar-refractivity contribution in [3.63, 3.8) is 0 Å². The molecule has 0 radical (unpaired) electrons. The fraction of sp³-hybridized carbons (Fsp3) is 0.429. The number of hydrogen-bond donors (Lipinski definition) is 1. The Bertz CT molecular complexity index is 548. The van der Waals surface area contributed by atoms with E-state index >= 15 is 0 Å². The normalized spacial score (nSPS) is 12.6. The molecule has 1 amide bonds. The van der Waals surface area contributed by atoms with Gasteiger partial charge in [0.15, 0.2) is 6.29 Å². The summed E-state index contributed by atoms with van der Waals surface area (Å²) >= 11 is 5.73. The third kappa shape index (κ3) is 4.07. The summed E-state index contributed by atoms with van der Waals surface area (Å²) in [7, 11) is 0. The van der Waals surface area contributed by atoms with Gasteiger partial charge in [-0.1, -0.05) is 18.5 Å². The maximum Gasteiger partial charge on any atom is 0.405 e. The first-order valence-corrected chi connectivity index (χ1v) is 6.69. The second-order valence-electron chi connectivity index (χ2n) is 4.93.